The summed E-state index contributed by atoms with van der Waals surface area (Å²) < 4.78 is 15.8. The topological polar surface area (TPSA) is 415 Å². The lowest BCUT2D eigenvalue weighted by atomic mass is 9.84. The quantitative estimate of drug-likeness (QED) is 0.00735. The van der Waals surface area contributed by atoms with Crippen LogP contribution in [0, 0.1) is 47.3 Å². The molecule has 0 radical (unpaired) electrons. The highest BCUT2D eigenvalue weighted by atomic mass is 127. The zero-order valence-corrected chi connectivity index (χ0v) is 84.9. The Kier molecular flexibility index (Phi) is 52.5. The number of alkyl carbamates (subject to hydrolysis) is 3. The molecule has 734 valence electrons. The number of rotatable bonds is 46. The van der Waals surface area contributed by atoms with Crippen LogP contribution in [0.4, 0.5) is 14.4 Å². The maximum absolute atomic E-state index is 14.2. The zero-order valence-electron chi connectivity index (χ0n) is 82.7. The van der Waals surface area contributed by atoms with E-state index < -0.39 is 77.7 Å². The van der Waals surface area contributed by atoms with Crippen molar-refractivity contribution >= 4 is 111 Å². The lowest BCUT2D eigenvalue weighted by Crippen LogP contribution is -2.57. The third-order valence-electron chi connectivity index (χ3n) is 23.0. The van der Waals surface area contributed by atoms with Crippen molar-refractivity contribution in [1.29, 1.82) is 0 Å². The van der Waals surface area contributed by atoms with Crippen LogP contribution in [-0.4, -0.2) is 197 Å². The van der Waals surface area contributed by atoms with Crippen LogP contribution < -0.4 is 47.9 Å². The number of carboxylic acid groups (broad SMARTS) is 1. The molecule has 0 saturated carbocycles. The normalized spacial score (nSPS) is 17.2. The monoisotopic (exact) mass is 1950 g/mol. The van der Waals surface area contributed by atoms with Crippen LogP contribution in [-0.2, 0) is 84.6 Å². The van der Waals surface area contributed by atoms with E-state index in [0.717, 1.165) is 30.5 Å². The van der Waals surface area contributed by atoms with Crippen molar-refractivity contribution in [3.63, 3.8) is 0 Å². The Morgan fingerprint density at radius 1 is 0.508 bits per heavy atom. The highest BCUT2D eigenvalue weighted by Gasteiger charge is 2.40. The van der Waals surface area contributed by atoms with Gasteiger partial charge in [-0.05, 0) is 245 Å². The molecule has 2 fully saturated rings. The number of ether oxygens (including phenoxy) is 3. The average molecular weight is 1950 g/mol. The van der Waals surface area contributed by atoms with E-state index in [1.165, 1.54) is 0 Å². The molecule has 2 aromatic carbocycles. The highest BCUT2D eigenvalue weighted by Crippen LogP contribution is 2.31. The fourth-order valence-corrected chi connectivity index (χ4v) is 15.8. The van der Waals surface area contributed by atoms with Gasteiger partial charge in [-0.15, -0.1) is 0 Å². The number of likely N-dealkylation sites (tertiary alicyclic amines) is 1. The van der Waals surface area contributed by atoms with E-state index in [0.29, 0.717) is 152 Å². The van der Waals surface area contributed by atoms with Crippen molar-refractivity contribution in [2.24, 2.45) is 47.3 Å². The summed E-state index contributed by atoms with van der Waals surface area (Å²) >= 11 is 2.15. The maximum Gasteiger partial charge on any atom is 0.408 e. The van der Waals surface area contributed by atoms with Crippen LogP contribution in [0.2, 0.25) is 0 Å². The standard InChI is InChI=1S/C49H72N4O8.C31H49N5O7.C21H31NO4.CH3I/c1-30(2)27-33(7)22-23-39(28-37-17-12-11-13-18-37)48(59)53-25-15-21-41(53)47(58)52-43(31(3)4)42(54)29-38(46(57)51-32(5)6)19-14-24-50-49(60)61-26-16-20-40-36(10)44(55)34(8)35(9)45(40)56;1-17(2)25(36-28(39)23-12-8-14-32-23)30(41)35-24(29(40)34-18(3)4)13-9-15-33-31(42)43-16-10-11-22-21(7)26(37)19(5)20(6)27(22)38;1-15(2)13-18(22-20(25)26-21(3,4)5)12-11-17(19(23)24)14-16-9-7-6-8-10-16;1-2/h11-13,17-18,22-23,30-33,38-39,41,43H,14-16,19-21,24-29H2,1-10H3,(H,50,60)(H,51,57)(H,52,58);17-18,23-25,32H,8-16H2,1-7H3,(H,33,42)(H,34,40)(H,35,41)(H,36,39);6-12,15,17-18H,13-14H2,1-5H3,(H,22,25)(H,23,24);1H3/b23-22+;;12-11+;/t33-,38-,39-,41+,43+;23-,24-,25-;17-,18-;/m101./s1. The molecule has 9 amide bonds. The van der Waals surface area contributed by atoms with E-state index in [-0.39, 0.29) is 134 Å². The molecule has 0 bridgehead atoms. The van der Waals surface area contributed by atoms with Crippen molar-refractivity contribution in [3.8, 4) is 0 Å². The van der Waals surface area contributed by atoms with E-state index in [1.54, 1.807) is 79.4 Å². The van der Waals surface area contributed by atoms with E-state index >= 15 is 0 Å². The summed E-state index contributed by atoms with van der Waals surface area (Å²) in [5.41, 5.74) is 5.02. The number of nitrogens with one attached hydrogen (secondary N) is 9. The van der Waals surface area contributed by atoms with Crippen molar-refractivity contribution < 1.29 is 91.2 Å². The van der Waals surface area contributed by atoms with Gasteiger partial charge in [-0.25, -0.2) is 14.4 Å². The summed E-state index contributed by atoms with van der Waals surface area (Å²) in [6.45, 7) is 42.3. The number of carbonyl (C=O) groups is 15. The van der Waals surface area contributed by atoms with E-state index in [9.17, 15) is 77.0 Å². The number of allylic oxidation sites excluding steroid dienone is 9. The molecule has 2 aliphatic carbocycles. The molecule has 2 saturated heterocycles. The summed E-state index contributed by atoms with van der Waals surface area (Å²) in [5, 5.41) is 35.1. The second-order valence-electron chi connectivity index (χ2n) is 37.9. The molecule has 2 aromatic rings. The van der Waals surface area contributed by atoms with Crippen LogP contribution in [0.25, 0.3) is 0 Å². The van der Waals surface area contributed by atoms with Gasteiger partial charge in [0, 0.05) is 88.6 Å². The van der Waals surface area contributed by atoms with Gasteiger partial charge in [0.15, 0.2) is 28.9 Å². The van der Waals surface area contributed by atoms with Gasteiger partial charge in [-0.3, -0.25) is 57.5 Å². The Labute approximate surface area is 798 Å². The van der Waals surface area contributed by atoms with Crippen LogP contribution in [0.1, 0.15) is 260 Å². The van der Waals surface area contributed by atoms with Crippen molar-refractivity contribution in [1.82, 2.24) is 52.8 Å². The maximum atomic E-state index is 14.2. The number of hydrogen-bond donors (Lipinski definition) is 10. The Bertz CT molecular complexity index is 4380. The van der Waals surface area contributed by atoms with Crippen LogP contribution in [0.3, 0.4) is 0 Å². The molecule has 30 heteroatoms. The van der Waals surface area contributed by atoms with Crippen molar-refractivity contribution in [2.45, 2.75) is 315 Å². The molecule has 0 aromatic heterocycles. The summed E-state index contributed by atoms with van der Waals surface area (Å²) in [7, 11) is 0. The lowest BCUT2D eigenvalue weighted by molar-refractivity contribution is -0.141. The molecule has 2 heterocycles. The lowest BCUT2D eigenvalue weighted by Gasteiger charge is -2.30. The van der Waals surface area contributed by atoms with Gasteiger partial charge in [0.2, 0.25) is 35.4 Å². The van der Waals surface area contributed by atoms with Crippen molar-refractivity contribution in [2.75, 3.05) is 44.3 Å². The number of hydrogen-bond acceptors (Lipinski definition) is 19. The number of ketones is 5. The number of Topliss-reactive ketones (excluding diaryl/α,β-unsaturated/α-hetero) is 5. The first-order chi connectivity index (χ1) is 62.1. The minimum Gasteiger partial charge on any atom is -0.481 e. The van der Waals surface area contributed by atoms with Gasteiger partial charge < -0.3 is 72.1 Å². The third-order valence-corrected chi connectivity index (χ3v) is 23.0. The summed E-state index contributed by atoms with van der Waals surface area (Å²) in [6.07, 6.45) is 13.8. The van der Waals surface area contributed by atoms with Crippen LogP contribution in [0.15, 0.2) is 130 Å². The molecular weight excluding hydrogens is 1800 g/mol. The first-order valence-electron chi connectivity index (χ1n) is 47.0. The highest BCUT2D eigenvalue weighted by molar-refractivity contribution is 14.1. The van der Waals surface area contributed by atoms with Crippen molar-refractivity contribution in [3.05, 3.63) is 141 Å². The third kappa shape index (κ3) is 41.7. The van der Waals surface area contributed by atoms with Crippen LogP contribution >= 0.6 is 22.6 Å². The number of benzene rings is 2. The minimum absolute atomic E-state index is 0.0534. The Morgan fingerprint density at radius 2 is 0.977 bits per heavy atom. The second-order valence-corrected chi connectivity index (χ2v) is 37.9. The molecule has 0 spiro atoms. The minimum atomic E-state index is -0.884. The van der Waals surface area contributed by atoms with Gasteiger partial charge in [0.1, 0.15) is 23.7 Å². The number of aliphatic carboxylic acids is 1. The number of halogens is 1. The average Bonchev–Trinajstić information content (AvgIpc) is 1.30. The molecule has 10 N–H and O–H groups in total. The molecule has 6 rings (SSSR count). The molecule has 10 atom stereocenters. The van der Waals surface area contributed by atoms with E-state index in [2.05, 4.69) is 111 Å². The molecule has 29 nitrogen and oxygen atoms in total. The fourth-order valence-electron chi connectivity index (χ4n) is 15.8. The van der Waals surface area contributed by atoms with E-state index in [4.69, 9.17) is 14.2 Å². The second kappa shape index (κ2) is 59.6. The van der Waals surface area contributed by atoms with E-state index in [1.807, 2.05) is 127 Å². The molecule has 0 unspecified atom stereocenters. The largest absolute Gasteiger partial charge is 0.481 e. The number of alkyl halides is 1. The van der Waals surface area contributed by atoms with Gasteiger partial charge in [-0.1, -0.05) is 170 Å². The summed E-state index contributed by atoms with van der Waals surface area (Å²) in [4.78, 5) is 196. The number of amides is 9. The predicted octanol–water partition coefficient (Wildman–Crippen LogP) is 14.9. The van der Waals surface area contributed by atoms with Gasteiger partial charge >= 0.3 is 24.2 Å². The zero-order chi connectivity index (χ0) is 99.4. The molecule has 4 aliphatic rings. The Hall–Kier alpha value is -9.98. The molecule has 2 aliphatic heterocycles. The smallest absolute Gasteiger partial charge is 0.408 e. The summed E-state index contributed by atoms with van der Waals surface area (Å²) in [5.74, 6) is -4.59. The number of carboxylic acids is 1. The predicted molar refractivity (Wildman–Crippen MR) is 523 cm³/mol. The number of nitrogens with zero attached hydrogens (tertiary/aromatic N) is 1. The molecular formula is C102H155IN10O19. The first kappa shape index (κ1) is 116. The summed E-state index contributed by atoms with van der Waals surface area (Å²) in [6, 6.07) is 15.2. The SMILES string of the molecule is CC(C)C[C@@H](/C=C/[C@H](Cc1ccccc1)C(=O)O)NC(=O)OC(C)(C)C.CC1=C(C)C(=O)C(CCCOC(=O)NCCC[C@H](CC(=O)[C@@H](NC(=O)[C@@H]2CCCN2C(=O)[C@H](/C=C/[C@@H](C)CC(C)C)Cc2ccccc2)C(C)C)C(=O)NC(C)C)=C(C)C1=O.CC1=C(C)C(=O)C(CCCOC(=O)NCCC[C@H](NC(=O)[C@@H](NC(=O)[C@@H]2CCCN2)C(C)C)C(=O)NC(C)C)=C(C)C1=O.CI. The molecule has 132 heavy (non-hydrogen) atoms. The van der Waals surface area contributed by atoms with Gasteiger partial charge in [0.25, 0.3) is 0 Å². The Balaban J connectivity index is 0.000000548. The van der Waals surface area contributed by atoms with Crippen LogP contribution in [0.5, 0.6) is 0 Å². The first-order valence-corrected chi connectivity index (χ1v) is 49.2. The van der Waals surface area contributed by atoms with Gasteiger partial charge in [-0.2, -0.15) is 0 Å². The fraction of sp³-hybridized carbons (Fsp3) is 0.618. The number of carbonyl (C=O) groups excluding carboxylic acids is 14. The van der Waals surface area contributed by atoms with Gasteiger partial charge in [0.05, 0.1) is 43.2 Å². The Morgan fingerprint density at radius 3 is 1.44 bits per heavy atom.